The van der Waals surface area contributed by atoms with Gasteiger partial charge < -0.3 is 4.98 Å². The molecular formula is C21H24N2O. The number of piperidine rings is 1. The van der Waals surface area contributed by atoms with Gasteiger partial charge in [-0.15, -0.1) is 0 Å². The third kappa shape index (κ3) is 2.63. The molecule has 0 saturated carbocycles. The highest BCUT2D eigenvalue weighted by atomic mass is 16.1. The normalized spacial score (nSPS) is 16.9. The fourth-order valence-electron chi connectivity index (χ4n) is 3.83. The Balaban J connectivity index is 1.80. The van der Waals surface area contributed by atoms with Crippen molar-refractivity contribution in [3.63, 3.8) is 0 Å². The highest BCUT2D eigenvalue weighted by Gasteiger charge is 2.19. The molecule has 0 spiro atoms. The third-order valence-corrected chi connectivity index (χ3v) is 5.47. The van der Waals surface area contributed by atoms with Crippen molar-refractivity contribution >= 4 is 21.7 Å². The van der Waals surface area contributed by atoms with Gasteiger partial charge in [0.25, 0.3) is 0 Å². The molecule has 1 aromatic heterocycles. The second-order valence-corrected chi connectivity index (χ2v) is 7.23. The summed E-state index contributed by atoms with van der Waals surface area (Å²) in [6.45, 7) is 7.29. The van der Waals surface area contributed by atoms with Gasteiger partial charge in [-0.1, -0.05) is 37.3 Å². The average molecular weight is 320 g/mol. The molecule has 4 rings (SSSR count). The number of benzene rings is 2. The molecular weight excluding hydrogens is 296 g/mol. The second kappa shape index (κ2) is 6.06. The molecule has 1 fully saturated rings. The van der Waals surface area contributed by atoms with E-state index in [1.165, 1.54) is 12.8 Å². The molecule has 1 N–H and O–H groups in total. The van der Waals surface area contributed by atoms with Crippen molar-refractivity contribution in [3.8, 4) is 0 Å². The zero-order chi connectivity index (χ0) is 16.7. The van der Waals surface area contributed by atoms with Crippen molar-refractivity contribution < 1.29 is 0 Å². The van der Waals surface area contributed by atoms with Crippen molar-refractivity contribution in [3.05, 3.63) is 57.9 Å². The summed E-state index contributed by atoms with van der Waals surface area (Å²) in [6, 6.07) is 12.2. The van der Waals surface area contributed by atoms with E-state index in [0.717, 1.165) is 58.5 Å². The Kier molecular flexibility index (Phi) is 3.89. The summed E-state index contributed by atoms with van der Waals surface area (Å²) in [6.07, 6.45) is 2.46. The van der Waals surface area contributed by atoms with Gasteiger partial charge in [-0.3, -0.25) is 9.69 Å². The van der Waals surface area contributed by atoms with Gasteiger partial charge in [0.1, 0.15) is 0 Å². The number of nitrogens with one attached hydrogen (secondary N) is 1. The van der Waals surface area contributed by atoms with Crippen LogP contribution in [0, 0.1) is 12.8 Å². The molecule has 3 aromatic rings. The summed E-state index contributed by atoms with van der Waals surface area (Å²) in [5.74, 6) is 0.809. The topological polar surface area (TPSA) is 36.1 Å². The van der Waals surface area contributed by atoms with Crippen LogP contribution in [-0.4, -0.2) is 23.0 Å². The van der Waals surface area contributed by atoms with Crippen molar-refractivity contribution in [2.45, 2.75) is 33.2 Å². The van der Waals surface area contributed by atoms with Crippen LogP contribution in [0.2, 0.25) is 0 Å². The van der Waals surface area contributed by atoms with E-state index >= 15 is 0 Å². The number of pyridine rings is 1. The SMILES string of the molecule is Cc1[nH]c2c(ccc3ccccc32)c(=O)c1CN1CCC(C)CC1. The molecule has 0 unspecified atom stereocenters. The molecule has 1 aliphatic heterocycles. The molecule has 1 saturated heterocycles. The predicted octanol–water partition coefficient (Wildman–Crippen LogP) is 4.22. The second-order valence-electron chi connectivity index (χ2n) is 7.23. The summed E-state index contributed by atoms with van der Waals surface area (Å²) in [5, 5.41) is 3.09. The molecule has 24 heavy (non-hydrogen) atoms. The zero-order valence-corrected chi connectivity index (χ0v) is 14.4. The highest BCUT2D eigenvalue weighted by Crippen LogP contribution is 2.24. The van der Waals surface area contributed by atoms with Crippen LogP contribution in [0.5, 0.6) is 0 Å². The summed E-state index contributed by atoms with van der Waals surface area (Å²) < 4.78 is 0. The van der Waals surface area contributed by atoms with Crippen LogP contribution in [-0.2, 0) is 6.54 Å². The fourth-order valence-corrected chi connectivity index (χ4v) is 3.83. The monoisotopic (exact) mass is 320 g/mol. The summed E-state index contributed by atoms with van der Waals surface area (Å²) in [7, 11) is 0. The highest BCUT2D eigenvalue weighted by molar-refractivity contribution is 6.05. The van der Waals surface area contributed by atoms with E-state index < -0.39 is 0 Å². The fraction of sp³-hybridized carbons (Fsp3) is 0.381. The van der Waals surface area contributed by atoms with E-state index in [-0.39, 0.29) is 5.43 Å². The molecule has 2 heterocycles. The van der Waals surface area contributed by atoms with Gasteiger partial charge in [-0.25, -0.2) is 0 Å². The Bertz CT molecular complexity index is 949. The maximum Gasteiger partial charge on any atom is 0.194 e. The molecule has 0 atom stereocenters. The number of hydrogen-bond acceptors (Lipinski definition) is 2. The Morgan fingerprint density at radius 2 is 1.83 bits per heavy atom. The number of hydrogen-bond donors (Lipinski definition) is 1. The van der Waals surface area contributed by atoms with Gasteiger partial charge in [-0.2, -0.15) is 0 Å². The minimum atomic E-state index is 0.186. The molecule has 3 heteroatoms. The predicted molar refractivity (Wildman–Crippen MR) is 100 cm³/mol. The van der Waals surface area contributed by atoms with Crippen LogP contribution in [0.1, 0.15) is 31.0 Å². The standard InChI is InChI=1S/C21H24N2O/c1-14-9-11-23(12-10-14)13-19-15(2)22-20-17-6-4-3-5-16(17)7-8-18(20)21(19)24/h3-8,14H,9-13H2,1-2H3,(H,22,24). The van der Waals surface area contributed by atoms with E-state index in [1.807, 2.05) is 25.1 Å². The van der Waals surface area contributed by atoms with Crippen LogP contribution in [0.4, 0.5) is 0 Å². The molecule has 124 valence electrons. The van der Waals surface area contributed by atoms with Crippen LogP contribution in [0.25, 0.3) is 21.7 Å². The summed E-state index contributed by atoms with van der Waals surface area (Å²) >= 11 is 0. The van der Waals surface area contributed by atoms with E-state index in [1.54, 1.807) is 0 Å². The molecule has 0 bridgehead atoms. The van der Waals surface area contributed by atoms with Gasteiger partial charge in [-0.05, 0) is 50.2 Å². The molecule has 1 aliphatic rings. The van der Waals surface area contributed by atoms with Gasteiger partial charge in [0.05, 0.1) is 5.52 Å². The molecule has 3 nitrogen and oxygen atoms in total. The Morgan fingerprint density at radius 1 is 1.08 bits per heavy atom. The lowest BCUT2D eigenvalue weighted by Crippen LogP contribution is -2.34. The molecule has 0 amide bonds. The number of nitrogens with zero attached hydrogens (tertiary/aromatic N) is 1. The van der Waals surface area contributed by atoms with Crippen LogP contribution < -0.4 is 5.43 Å². The van der Waals surface area contributed by atoms with E-state index in [4.69, 9.17) is 0 Å². The summed E-state index contributed by atoms with van der Waals surface area (Å²) in [4.78, 5) is 19.0. The average Bonchev–Trinajstić information content (AvgIpc) is 2.60. The van der Waals surface area contributed by atoms with Gasteiger partial charge in [0.15, 0.2) is 5.43 Å². The largest absolute Gasteiger partial charge is 0.358 e. The number of aryl methyl sites for hydroxylation is 1. The van der Waals surface area contributed by atoms with Crippen LogP contribution in [0.15, 0.2) is 41.2 Å². The van der Waals surface area contributed by atoms with E-state index in [0.29, 0.717) is 0 Å². The first kappa shape index (κ1) is 15.4. The molecule has 0 radical (unpaired) electrons. The van der Waals surface area contributed by atoms with Crippen LogP contribution >= 0.6 is 0 Å². The minimum absolute atomic E-state index is 0.186. The number of likely N-dealkylation sites (tertiary alicyclic amines) is 1. The van der Waals surface area contributed by atoms with E-state index in [2.05, 4.69) is 35.0 Å². The zero-order valence-electron chi connectivity index (χ0n) is 14.4. The van der Waals surface area contributed by atoms with E-state index in [9.17, 15) is 4.79 Å². The van der Waals surface area contributed by atoms with Gasteiger partial charge >= 0.3 is 0 Å². The van der Waals surface area contributed by atoms with Gasteiger partial charge in [0.2, 0.25) is 0 Å². The maximum absolute atomic E-state index is 13.1. The summed E-state index contributed by atoms with van der Waals surface area (Å²) in [5.41, 5.74) is 3.08. The van der Waals surface area contributed by atoms with Crippen molar-refractivity contribution in [2.24, 2.45) is 5.92 Å². The van der Waals surface area contributed by atoms with Crippen LogP contribution in [0.3, 0.4) is 0 Å². The lowest BCUT2D eigenvalue weighted by Gasteiger charge is -2.30. The lowest BCUT2D eigenvalue weighted by atomic mass is 9.98. The quantitative estimate of drug-likeness (QED) is 0.718. The smallest absolute Gasteiger partial charge is 0.194 e. The Morgan fingerprint density at radius 3 is 2.62 bits per heavy atom. The number of aromatic nitrogens is 1. The van der Waals surface area contributed by atoms with Gasteiger partial charge in [0, 0.05) is 28.6 Å². The molecule has 2 aromatic carbocycles. The minimum Gasteiger partial charge on any atom is -0.358 e. The lowest BCUT2D eigenvalue weighted by molar-refractivity contribution is 0.184. The first-order valence-electron chi connectivity index (χ1n) is 8.89. The Labute approximate surface area is 142 Å². The first-order valence-corrected chi connectivity index (χ1v) is 8.89. The first-order chi connectivity index (χ1) is 11.6. The number of fused-ring (bicyclic) bond motifs is 3. The maximum atomic E-state index is 13.1. The Hall–Kier alpha value is -2.13. The third-order valence-electron chi connectivity index (χ3n) is 5.47. The van der Waals surface area contributed by atoms with Crippen molar-refractivity contribution in [2.75, 3.05) is 13.1 Å². The number of H-pyrrole nitrogens is 1. The number of aromatic amines is 1. The molecule has 0 aliphatic carbocycles. The number of rotatable bonds is 2. The van der Waals surface area contributed by atoms with Crippen molar-refractivity contribution in [1.29, 1.82) is 0 Å². The van der Waals surface area contributed by atoms with Crippen molar-refractivity contribution in [1.82, 2.24) is 9.88 Å².